The topological polar surface area (TPSA) is 31.0 Å². The van der Waals surface area contributed by atoms with Crippen LogP contribution in [0.5, 0.6) is 0 Å². The molecule has 10 aromatic rings. The van der Waals surface area contributed by atoms with Gasteiger partial charge >= 0.3 is 0 Å². The molecular formula is C51H36N2O. The summed E-state index contributed by atoms with van der Waals surface area (Å²) in [4.78, 5) is 5.48. The molecule has 3 nitrogen and oxygen atoms in total. The van der Waals surface area contributed by atoms with Crippen LogP contribution in [0.3, 0.4) is 0 Å². The minimum absolute atomic E-state index is 0.188. The van der Waals surface area contributed by atoms with Crippen molar-refractivity contribution in [3.05, 3.63) is 180 Å². The van der Waals surface area contributed by atoms with Crippen LogP contribution in [0.4, 0.5) is 0 Å². The molecule has 0 aliphatic heterocycles. The predicted octanol–water partition coefficient (Wildman–Crippen LogP) is 13.7. The Hall–Kier alpha value is -6.71. The molecule has 0 amide bonds. The molecular weight excluding hydrogens is 657 g/mol. The van der Waals surface area contributed by atoms with Gasteiger partial charge in [0.1, 0.15) is 17.0 Å². The maximum absolute atomic E-state index is 6.16. The van der Waals surface area contributed by atoms with E-state index < -0.39 is 0 Å². The normalized spacial score (nSPS) is 13.2. The number of nitrogens with zero attached hydrogens (tertiary/aromatic N) is 2. The minimum Gasteiger partial charge on any atom is -0.456 e. The Morgan fingerprint density at radius 3 is 1.93 bits per heavy atom. The Morgan fingerprint density at radius 2 is 1.11 bits per heavy atom. The first kappa shape index (κ1) is 30.9. The second-order valence-electron chi connectivity index (χ2n) is 15.2. The molecule has 3 heterocycles. The standard InChI is InChI=1S/C51H36N2O/c1-31-38(32-14-6-4-7-15-32)29-45(33-16-8-5-9-17-33)52-50(31)53-46-20-12-10-18-36(46)41-28-40-39-26-34(22-24-43(39)51(2,3)44(40)30-47(41)53)35-23-25-49-42(27-35)37-19-11-13-21-48(37)54-49/h4-30H,1-3H3. The monoisotopic (exact) mass is 692 g/mol. The van der Waals surface area contributed by atoms with Gasteiger partial charge < -0.3 is 4.42 Å². The zero-order valence-electron chi connectivity index (χ0n) is 30.4. The number of rotatable bonds is 4. The Bertz CT molecular complexity index is 3130. The molecule has 256 valence electrons. The van der Waals surface area contributed by atoms with Gasteiger partial charge in [0.15, 0.2) is 0 Å². The van der Waals surface area contributed by atoms with Gasteiger partial charge in [-0.25, -0.2) is 4.98 Å². The highest BCUT2D eigenvalue weighted by atomic mass is 16.3. The highest BCUT2D eigenvalue weighted by Gasteiger charge is 2.37. The number of hydrogen-bond donors (Lipinski definition) is 0. The molecule has 0 fully saturated rings. The van der Waals surface area contributed by atoms with Crippen molar-refractivity contribution in [3.8, 4) is 50.5 Å². The Balaban J connectivity index is 1.14. The molecule has 0 spiro atoms. The fraction of sp³-hybridized carbons (Fsp3) is 0.0784. The smallest absolute Gasteiger partial charge is 0.141 e. The molecule has 0 unspecified atom stereocenters. The number of hydrogen-bond acceptors (Lipinski definition) is 2. The van der Waals surface area contributed by atoms with E-state index in [0.717, 1.165) is 50.1 Å². The average molecular weight is 693 g/mol. The molecule has 11 rings (SSSR count). The van der Waals surface area contributed by atoms with Gasteiger partial charge in [0, 0.05) is 38.1 Å². The van der Waals surface area contributed by atoms with Crippen LogP contribution in [0.15, 0.2) is 168 Å². The summed E-state index contributed by atoms with van der Waals surface area (Å²) in [7, 11) is 0. The van der Waals surface area contributed by atoms with Gasteiger partial charge in [-0.05, 0) is 100.0 Å². The molecule has 0 saturated carbocycles. The summed E-state index contributed by atoms with van der Waals surface area (Å²) in [6, 6.07) is 59.1. The summed E-state index contributed by atoms with van der Waals surface area (Å²) in [5, 5.41) is 4.75. The van der Waals surface area contributed by atoms with Crippen molar-refractivity contribution in [1.29, 1.82) is 0 Å². The molecule has 3 aromatic heterocycles. The first-order valence-corrected chi connectivity index (χ1v) is 18.7. The van der Waals surface area contributed by atoms with Gasteiger partial charge in [0.25, 0.3) is 0 Å². The van der Waals surface area contributed by atoms with Crippen molar-refractivity contribution in [3.63, 3.8) is 0 Å². The van der Waals surface area contributed by atoms with Crippen LogP contribution >= 0.6 is 0 Å². The summed E-state index contributed by atoms with van der Waals surface area (Å²) >= 11 is 0. The van der Waals surface area contributed by atoms with E-state index in [1.54, 1.807) is 0 Å². The van der Waals surface area contributed by atoms with Crippen LogP contribution in [0.2, 0.25) is 0 Å². The van der Waals surface area contributed by atoms with Crippen LogP contribution in [-0.2, 0) is 5.41 Å². The fourth-order valence-corrected chi connectivity index (χ4v) is 9.01. The Kier molecular flexibility index (Phi) is 6.51. The van der Waals surface area contributed by atoms with Gasteiger partial charge in [0.05, 0.1) is 16.7 Å². The van der Waals surface area contributed by atoms with Gasteiger partial charge in [-0.1, -0.05) is 129 Å². The highest BCUT2D eigenvalue weighted by Crippen LogP contribution is 2.52. The van der Waals surface area contributed by atoms with Crippen LogP contribution in [0.25, 0.3) is 94.2 Å². The molecule has 7 aromatic carbocycles. The first-order chi connectivity index (χ1) is 26.4. The predicted molar refractivity (Wildman–Crippen MR) is 224 cm³/mol. The van der Waals surface area contributed by atoms with Gasteiger partial charge in [-0.15, -0.1) is 0 Å². The Labute approximate surface area is 313 Å². The fourth-order valence-electron chi connectivity index (χ4n) is 9.01. The van der Waals surface area contributed by atoms with Crippen molar-refractivity contribution in [2.24, 2.45) is 0 Å². The molecule has 0 atom stereocenters. The lowest BCUT2D eigenvalue weighted by Gasteiger charge is -2.22. The molecule has 1 aliphatic rings. The highest BCUT2D eigenvalue weighted by molar-refractivity contribution is 6.12. The maximum Gasteiger partial charge on any atom is 0.141 e. The average Bonchev–Trinajstić information content (AvgIpc) is 3.82. The summed E-state index contributed by atoms with van der Waals surface area (Å²) < 4.78 is 8.57. The van der Waals surface area contributed by atoms with Crippen LogP contribution < -0.4 is 0 Å². The van der Waals surface area contributed by atoms with Crippen LogP contribution in [0.1, 0.15) is 30.5 Å². The van der Waals surface area contributed by atoms with E-state index in [0.29, 0.717) is 0 Å². The summed E-state index contributed by atoms with van der Waals surface area (Å²) in [5.41, 5.74) is 17.3. The molecule has 1 aliphatic carbocycles. The second kappa shape index (κ2) is 11.4. The number of aromatic nitrogens is 2. The molecule has 0 saturated heterocycles. The minimum atomic E-state index is -0.188. The number of fused-ring (bicyclic) bond motifs is 9. The van der Waals surface area contributed by atoms with Crippen molar-refractivity contribution >= 4 is 43.7 Å². The van der Waals surface area contributed by atoms with Gasteiger partial charge in [-0.2, -0.15) is 0 Å². The first-order valence-electron chi connectivity index (χ1n) is 18.7. The second-order valence-corrected chi connectivity index (χ2v) is 15.2. The lowest BCUT2D eigenvalue weighted by atomic mass is 9.82. The molecule has 54 heavy (non-hydrogen) atoms. The third-order valence-electron chi connectivity index (χ3n) is 11.8. The zero-order valence-corrected chi connectivity index (χ0v) is 30.4. The van der Waals surface area contributed by atoms with E-state index in [1.165, 1.54) is 60.8 Å². The lowest BCUT2D eigenvalue weighted by Crippen LogP contribution is -2.15. The van der Waals surface area contributed by atoms with E-state index in [1.807, 2.05) is 12.1 Å². The zero-order chi connectivity index (χ0) is 36.1. The summed E-state index contributed by atoms with van der Waals surface area (Å²) in [6.07, 6.45) is 0. The Morgan fingerprint density at radius 1 is 0.463 bits per heavy atom. The number of benzene rings is 7. The van der Waals surface area contributed by atoms with Crippen molar-refractivity contribution in [1.82, 2.24) is 9.55 Å². The summed E-state index contributed by atoms with van der Waals surface area (Å²) in [5.74, 6) is 0.958. The molecule has 0 bridgehead atoms. The quantitative estimate of drug-likeness (QED) is 0.184. The largest absolute Gasteiger partial charge is 0.456 e. The van der Waals surface area contributed by atoms with Crippen molar-refractivity contribution in [2.75, 3.05) is 0 Å². The molecule has 3 heteroatoms. The number of furan rings is 1. The van der Waals surface area contributed by atoms with E-state index in [-0.39, 0.29) is 5.41 Å². The molecule has 0 radical (unpaired) electrons. The third-order valence-corrected chi connectivity index (χ3v) is 11.8. The number of pyridine rings is 1. The number of para-hydroxylation sites is 2. The maximum atomic E-state index is 6.16. The van der Waals surface area contributed by atoms with E-state index in [2.05, 4.69) is 177 Å². The van der Waals surface area contributed by atoms with E-state index in [4.69, 9.17) is 9.40 Å². The van der Waals surface area contributed by atoms with Crippen LogP contribution in [-0.4, -0.2) is 9.55 Å². The van der Waals surface area contributed by atoms with Crippen LogP contribution in [0, 0.1) is 6.92 Å². The van der Waals surface area contributed by atoms with Crippen molar-refractivity contribution < 1.29 is 4.42 Å². The van der Waals surface area contributed by atoms with Gasteiger partial charge in [-0.3, -0.25) is 4.57 Å². The third kappa shape index (κ3) is 4.45. The lowest BCUT2D eigenvalue weighted by molar-refractivity contribution is 0.661. The summed E-state index contributed by atoms with van der Waals surface area (Å²) in [6.45, 7) is 6.96. The van der Waals surface area contributed by atoms with Crippen molar-refractivity contribution in [2.45, 2.75) is 26.2 Å². The van der Waals surface area contributed by atoms with E-state index in [9.17, 15) is 0 Å². The molecule has 0 N–H and O–H groups in total. The van der Waals surface area contributed by atoms with E-state index >= 15 is 0 Å². The SMILES string of the molecule is Cc1c(-c2ccccc2)cc(-c2ccccc2)nc1-n1c2ccccc2c2cc3c(cc21)C(C)(C)c1ccc(-c2ccc4oc5ccccc5c4c2)cc1-3. The van der Waals surface area contributed by atoms with Gasteiger partial charge in [0.2, 0.25) is 0 Å².